The van der Waals surface area contributed by atoms with Crippen molar-refractivity contribution < 1.29 is 0 Å². The van der Waals surface area contributed by atoms with E-state index < -0.39 is 0 Å². The van der Waals surface area contributed by atoms with E-state index in [1.54, 1.807) is 11.1 Å². The van der Waals surface area contributed by atoms with Crippen molar-refractivity contribution in [2.45, 2.75) is 51.0 Å². The van der Waals surface area contributed by atoms with E-state index >= 15 is 0 Å². The Labute approximate surface area is 117 Å². The molecule has 1 unspecified atom stereocenters. The number of hydrogen-bond acceptors (Lipinski definition) is 1. The standard InChI is InChI=1S/C18H25N/c1-13-17-11-15-5-3-4-6-16(15)18(13,2)9-10-19(17)12-14-7-8-14/h3-6,13-14,17H,7-12H2,1-2H3/t13-,17+,18?/m0/s1. The van der Waals surface area contributed by atoms with Crippen LogP contribution >= 0.6 is 0 Å². The molecule has 2 aliphatic carbocycles. The molecule has 1 saturated heterocycles. The lowest BCUT2D eigenvalue weighted by Gasteiger charge is -2.54. The van der Waals surface area contributed by atoms with Crippen molar-refractivity contribution in [3.63, 3.8) is 0 Å². The van der Waals surface area contributed by atoms with Gasteiger partial charge in [0.25, 0.3) is 0 Å². The first-order valence-corrected chi connectivity index (χ1v) is 8.01. The molecule has 1 nitrogen and oxygen atoms in total. The Bertz CT molecular complexity index is 490. The second-order valence-corrected chi connectivity index (χ2v) is 7.32. The average molecular weight is 255 g/mol. The average Bonchev–Trinajstić information content (AvgIpc) is 3.21. The molecule has 0 spiro atoms. The third-order valence-corrected chi connectivity index (χ3v) is 6.22. The summed E-state index contributed by atoms with van der Waals surface area (Å²) in [5.41, 5.74) is 3.68. The molecule has 0 amide bonds. The molecule has 0 aromatic heterocycles. The molecule has 3 atom stereocenters. The van der Waals surface area contributed by atoms with E-state index in [9.17, 15) is 0 Å². The normalized spacial score (nSPS) is 38.0. The Hall–Kier alpha value is -0.820. The van der Waals surface area contributed by atoms with Gasteiger partial charge >= 0.3 is 0 Å². The highest BCUT2D eigenvalue weighted by Crippen LogP contribution is 2.49. The zero-order valence-electron chi connectivity index (χ0n) is 12.2. The van der Waals surface area contributed by atoms with Crippen LogP contribution in [0.15, 0.2) is 24.3 Å². The summed E-state index contributed by atoms with van der Waals surface area (Å²) in [6.07, 6.45) is 5.57. The SMILES string of the molecule is C[C@H]1[C@H]2Cc3ccccc3C1(C)CCN2CC1CC1. The lowest BCUT2D eigenvalue weighted by Crippen LogP contribution is -2.58. The fraction of sp³-hybridized carbons (Fsp3) is 0.667. The number of fused-ring (bicyclic) bond motifs is 4. The molecule has 19 heavy (non-hydrogen) atoms. The van der Waals surface area contributed by atoms with Gasteiger partial charge in [-0.15, -0.1) is 0 Å². The summed E-state index contributed by atoms with van der Waals surface area (Å²) >= 11 is 0. The number of likely N-dealkylation sites (tertiary alicyclic amines) is 1. The fourth-order valence-corrected chi connectivity index (χ4v) is 4.54. The summed E-state index contributed by atoms with van der Waals surface area (Å²) in [5, 5.41) is 0. The highest BCUT2D eigenvalue weighted by Gasteiger charge is 2.48. The van der Waals surface area contributed by atoms with E-state index in [1.807, 2.05) is 0 Å². The van der Waals surface area contributed by atoms with Crippen molar-refractivity contribution in [3.05, 3.63) is 35.4 Å². The van der Waals surface area contributed by atoms with Gasteiger partial charge in [-0.3, -0.25) is 4.90 Å². The van der Waals surface area contributed by atoms with Crippen LogP contribution in [-0.2, 0) is 11.8 Å². The van der Waals surface area contributed by atoms with E-state index in [2.05, 4.69) is 43.0 Å². The molecule has 1 heteroatoms. The summed E-state index contributed by atoms with van der Waals surface area (Å²) in [5.74, 6) is 1.82. The van der Waals surface area contributed by atoms with E-state index in [1.165, 1.54) is 38.8 Å². The van der Waals surface area contributed by atoms with Crippen LogP contribution < -0.4 is 0 Å². The van der Waals surface area contributed by atoms with Crippen LogP contribution in [0.2, 0.25) is 0 Å². The van der Waals surface area contributed by atoms with E-state index in [4.69, 9.17) is 0 Å². The van der Waals surface area contributed by atoms with Crippen LogP contribution in [0.5, 0.6) is 0 Å². The largest absolute Gasteiger partial charge is 0.299 e. The summed E-state index contributed by atoms with van der Waals surface area (Å²) in [6.45, 7) is 7.69. The molecule has 0 N–H and O–H groups in total. The first-order valence-electron chi connectivity index (χ1n) is 8.01. The van der Waals surface area contributed by atoms with Crippen molar-refractivity contribution in [2.24, 2.45) is 11.8 Å². The van der Waals surface area contributed by atoms with Crippen LogP contribution in [0.1, 0.15) is 44.2 Å². The van der Waals surface area contributed by atoms with Crippen molar-refractivity contribution in [1.82, 2.24) is 4.90 Å². The van der Waals surface area contributed by atoms with E-state index in [0.29, 0.717) is 5.41 Å². The molecular weight excluding hydrogens is 230 g/mol. The maximum atomic E-state index is 2.82. The quantitative estimate of drug-likeness (QED) is 0.780. The molecule has 3 aliphatic rings. The van der Waals surface area contributed by atoms with Crippen molar-refractivity contribution >= 4 is 0 Å². The lowest BCUT2D eigenvalue weighted by molar-refractivity contribution is 0.0284. The smallest absolute Gasteiger partial charge is 0.0170 e. The zero-order chi connectivity index (χ0) is 13.0. The molecular formula is C18H25N. The van der Waals surface area contributed by atoms with Gasteiger partial charge < -0.3 is 0 Å². The summed E-state index contributed by atoms with van der Waals surface area (Å²) in [7, 11) is 0. The van der Waals surface area contributed by atoms with Crippen molar-refractivity contribution in [2.75, 3.05) is 13.1 Å². The lowest BCUT2D eigenvalue weighted by atomic mass is 9.59. The maximum absolute atomic E-state index is 2.82. The van der Waals surface area contributed by atoms with Gasteiger partial charge in [0.2, 0.25) is 0 Å². The minimum Gasteiger partial charge on any atom is -0.299 e. The van der Waals surface area contributed by atoms with Crippen LogP contribution in [-0.4, -0.2) is 24.0 Å². The maximum Gasteiger partial charge on any atom is 0.0170 e. The Kier molecular flexibility index (Phi) is 2.57. The zero-order valence-corrected chi connectivity index (χ0v) is 12.2. The topological polar surface area (TPSA) is 3.24 Å². The van der Waals surface area contributed by atoms with Gasteiger partial charge in [0.15, 0.2) is 0 Å². The Morgan fingerprint density at radius 3 is 2.84 bits per heavy atom. The van der Waals surface area contributed by atoms with E-state index in [-0.39, 0.29) is 0 Å². The molecule has 102 valence electrons. The summed E-state index contributed by atoms with van der Waals surface area (Å²) in [6, 6.07) is 9.99. The molecule has 2 fully saturated rings. The minimum absolute atomic E-state index is 0.416. The van der Waals surface area contributed by atoms with Gasteiger partial charge in [0.05, 0.1) is 0 Å². The van der Waals surface area contributed by atoms with Crippen LogP contribution in [0.4, 0.5) is 0 Å². The van der Waals surface area contributed by atoms with Gasteiger partial charge in [-0.25, -0.2) is 0 Å². The predicted molar refractivity (Wildman–Crippen MR) is 79.4 cm³/mol. The van der Waals surface area contributed by atoms with Crippen molar-refractivity contribution in [3.8, 4) is 0 Å². The molecule has 2 bridgehead atoms. The monoisotopic (exact) mass is 255 g/mol. The molecule has 1 aliphatic heterocycles. The first-order chi connectivity index (χ1) is 9.18. The number of nitrogens with zero attached hydrogens (tertiary/aromatic N) is 1. The fourth-order valence-electron chi connectivity index (χ4n) is 4.54. The Morgan fingerprint density at radius 1 is 1.26 bits per heavy atom. The number of hydrogen-bond donors (Lipinski definition) is 0. The molecule has 1 aromatic rings. The van der Waals surface area contributed by atoms with Crippen LogP contribution in [0, 0.1) is 11.8 Å². The molecule has 1 aromatic carbocycles. The second kappa shape index (κ2) is 4.09. The first kappa shape index (κ1) is 12.0. The van der Waals surface area contributed by atoms with Gasteiger partial charge in [-0.1, -0.05) is 38.1 Å². The van der Waals surface area contributed by atoms with Crippen molar-refractivity contribution in [1.29, 1.82) is 0 Å². The Morgan fingerprint density at radius 2 is 2.05 bits per heavy atom. The van der Waals surface area contributed by atoms with Gasteiger partial charge in [0, 0.05) is 12.6 Å². The molecule has 4 rings (SSSR count). The van der Waals surface area contributed by atoms with E-state index in [0.717, 1.165) is 17.9 Å². The predicted octanol–water partition coefficient (Wildman–Crippen LogP) is 3.62. The van der Waals surface area contributed by atoms with Gasteiger partial charge in [0.1, 0.15) is 0 Å². The van der Waals surface area contributed by atoms with Gasteiger partial charge in [-0.2, -0.15) is 0 Å². The summed E-state index contributed by atoms with van der Waals surface area (Å²) in [4.78, 5) is 2.82. The number of rotatable bonds is 2. The minimum atomic E-state index is 0.416. The molecule has 1 heterocycles. The third-order valence-electron chi connectivity index (χ3n) is 6.22. The highest BCUT2D eigenvalue weighted by molar-refractivity contribution is 5.39. The third kappa shape index (κ3) is 1.78. The Balaban J connectivity index is 1.70. The molecule has 1 saturated carbocycles. The highest BCUT2D eigenvalue weighted by atomic mass is 15.2. The number of benzene rings is 1. The van der Waals surface area contributed by atoms with Crippen LogP contribution in [0.25, 0.3) is 0 Å². The van der Waals surface area contributed by atoms with Crippen LogP contribution in [0.3, 0.4) is 0 Å². The second-order valence-electron chi connectivity index (χ2n) is 7.32. The van der Waals surface area contributed by atoms with Gasteiger partial charge in [-0.05, 0) is 60.6 Å². The number of piperidine rings is 1. The summed E-state index contributed by atoms with van der Waals surface area (Å²) < 4.78 is 0. The molecule has 0 radical (unpaired) electrons.